The van der Waals surface area contributed by atoms with Crippen LogP contribution in [0.15, 0.2) is 52.1 Å². The van der Waals surface area contributed by atoms with Crippen molar-refractivity contribution in [3.05, 3.63) is 69.1 Å². The van der Waals surface area contributed by atoms with E-state index >= 15 is 0 Å². The monoisotopic (exact) mass is 445 g/mol. The van der Waals surface area contributed by atoms with E-state index in [4.69, 9.17) is 11.1 Å². The Morgan fingerprint density at radius 2 is 2.07 bits per heavy atom. The lowest BCUT2D eigenvalue weighted by atomic mass is 9.94. The van der Waals surface area contributed by atoms with Crippen LogP contribution in [0.4, 0.5) is 20.6 Å². The molecule has 1 aliphatic heterocycles. The number of allylic oxidation sites excluding steroid dienone is 1. The first-order valence-electron chi connectivity index (χ1n) is 8.24. The Morgan fingerprint density at radius 1 is 1.32 bits per heavy atom. The van der Waals surface area contributed by atoms with Crippen LogP contribution in [0.3, 0.4) is 0 Å². The number of halogens is 2. The molecule has 9 heteroatoms. The summed E-state index contributed by atoms with van der Waals surface area (Å²) in [4.78, 5) is 24.9. The number of urea groups is 1. The quantitative estimate of drug-likeness (QED) is 0.366. The number of rotatable bonds is 4. The summed E-state index contributed by atoms with van der Waals surface area (Å²) in [6.45, 7) is 1.62. The third-order valence-electron chi connectivity index (χ3n) is 4.29. The number of nitrogens with two attached hydrogens (primary N) is 1. The van der Waals surface area contributed by atoms with Crippen molar-refractivity contribution in [3.63, 3.8) is 0 Å². The summed E-state index contributed by atoms with van der Waals surface area (Å²) in [5.41, 5.74) is 8.33. The second-order valence-corrected chi connectivity index (χ2v) is 7.04. The van der Waals surface area contributed by atoms with E-state index in [2.05, 4.69) is 31.9 Å². The Hall–Kier alpha value is -3.20. The number of carbonyl (C=O) groups is 2. The van der Waals surface area contributed by atoms with E-state index in [0.29, 0.717) is 28.2 Å². The highest BCUT2D eigenvalue weighted by molar-refractivity contribution is 9.10. The highest BCUT2D eigenvalue weighted by Crippen LogP contribution is 2.30. The van der Waals surface area contributed by atoms with E-state index < -0.39 is 23.8 Å². The summed E-state index contributed by atoms with van der Waals surface area (Å²) in [6.07, 6.45) is 1.09. The maximum atomic E-state index is 13.6. The molecule has 0 saturated heterocycles. The van der Waals surface area contributed by atoms with E-state index in [1.54, 1.807) is 25.1 Å². The number of anilines is 2. The number of nitrogens with one attached hydrogen (secondary N) is 4. The van der Waals surface area contributed by atoms with Crippen molar-refractivity contribution < 1.29 is 14.0 Å². The highest BCUT2D eigenvalue weighted by atomic mass is 79.9. The van der Waals surface area contributed by atoms with Gasteiger partial charge in [-0.25, -0.2) is 9.18 Å². The Bertz CT molecular complexity index is 1020. The lowest BCUT2D eigenvalue weighted by molar-refractivity contribution is -0.113. The first-order chi connectivity index (χ1) is 13.3. The molecule has 2 aromatic carbocycles. The van der Waals surface area contributed by atoms with Crippen LogP contribution in [-0.4, -0.2) is 18.2 Å². The Balaban J connectivity index is 1.96. The van der Waals surface area contributed by atoms with Crippen molar-refractivity contribution in [1.82, 2.24) is 10.6 Å². The molecule has 1 atom stereocenters. The first-order valence-corrected chi connectivity index (χ1v) is 9.04. The van der Waals surface area contributed by atoms with Gasteiger partial charge in [0.25, 0.3) is 5.91 Å². The van der Waals surface area contributed by atoms with Crippen LogP contribution < -0.4 is 21.7 Å². The number of carbonyl (C=O) groups excluding carboxylic acids is 2. The summed E-state index contributed by atoms with van der Waals surface area (Å²) >= 11 is 3.12. The SMILES string of the molecule is CC1=C(C(=O)Nc2ccc(N)c(C=N)c2)C(c2ccc(F)c(Br)c2)NC(=O)N1. The molecule has 2 aromatic rings. The lowest BCUT2D eigenvalue weighted by Crippen LogP contribution is -2.46. The second kappa shape index (κ2) is 7.81. The Kier molecular flexibility index (Phi) is 5.46. The normalized spacial score (nSPS) is 16.2. The number of amides is 3. The average molecular weight is 446 g/mol. The second-order valence-electron chi connectivity index (χ2n) is 6.19. The van der Waals surface area contributed by atoms with Gasteiger partial charge in [0.2, 0.25) is 0 Å². The van der Waals surface area contributed by atoms with Gasteiger partial charge >= 0.3 is 6.03 Å². The molecule has 0 fully saturated rings. The van der Waals surface area contributed by atoms with E-state index in [1.165, 1.54) is 18.2 Å². The largest absolute Gasteiger partial charge is 0.398 e. The molecule has 0 aromatic heterocycles. The molecule has 0 spiro atoms. The molecule has 6 N–H and O–H groups in total. The lowest BCUT2D eigenvalue weighted by Gasteiger charge is -2.29. The Labute approximate surface area is 168 Å². The molecule has 7 nitrogen and oxygen atoms in total. The fourth-order valence-electron chi connectivity index (χ4n) is 2.91. The van der Waals surface area contributed by atoms with Gasteiger partial charge in [0.1, 0.15) is 5.82 Å². The van der Waals surface area contributed by atoms with E-state index in [9.17, 15) is 14.0 Å². The van der Waals surface area contributed by atoms with Crippen LogP contribution in [-0.2, 0) is 4.79 Å². The van der Waals surface area contributed by atoms with Crippen molar-refractivity contribution in [2.24, 2.45) is 0 Å². The molecule has 0 saturated carbocycles. The van der Waals surface area contributed by atoms with Gasteiger partial charge in [0.05, 0.1) is 16.1 Å². The van der Waals surface area contributed by atoms with Crippen LogP contribution >= 0.6 is 15.9 Å². The predicted octanol–water partition coefficient (Wildman–Crippen LogP) is 3.43. The topological polar surface area (TPSA) is 120 Å². The zero-order valence-corrected chi connectivity index (χ0v) is 16.4. The van der Waals surface area contributed by atoms with E-state index in [0.717, 1.165) is 6.21 Å². The van der Waals surface area contributed by atoms with Crippen molar-refractivity contribution in [2.45, 2.75) is 13.0 Å². The molecule has 1 aliphatic rings. The van der Waals surface area contributed by atoms with Gasteiger partial charge in [0, 0.05) is 28.8 Å². The molecule has 1 unspecified atom stereocenters. The molecule has 3 rings (SSSR count). The summed E-state index contributed by atoms with van der Waals surface area (Å²) in [7, 11) is 0. The van der Waals surface area contributed by atoms with Gasteiger partial charge in [-0.1, -0.05) is 6.07 Å². The maximum absolute atomic E-state index is 13.6. The van der Waals surface area contributed by atoms with Gasteiger partial charge in [-0.2, -0.15) is 0 Å². The fraction of sp³-hybridized carbons (Fsp3) is 0.105. The van der Waals surface area contributed by atoms with Crippen LogP contribution in [0.2, 0.25) is 0 Å². The molecule has 0 aliphatic carbocycles. The third-order valence-corrected chi connectivity index (χ3v) is 4.90. The van der Waals surface area contributed by atoms with Gasteiger partial charge < -0.3 is 27.1 Å². The average Bonchev–Trinajstić information content (AvgIpc) is 2.64. The van der Waals surface area contributed by atoms with E-state index in [-0.39, 0.29) is 10.0 Å². The summed E-state index contributed by atoms with van der Waals surface area (Å²) in [5, 5.41) is 15.4. The number of benzene rings is 2. The molecular weight excluding hydrogens is 429 g/mol. The van der Waals surface area contributed by atoms with Gasteiger partial charge in [-0.3, -0.25) is 4.79 Å². The summed E-state index contributed by atoms with van der Waals surface area (Å²) < 4.78 is 13.8. The fourth-order valence-corrected chi connectivity index (χ4v) is 3.31. The van der Waals surface area contributed by atoms with Crippen molar-refractivity contribution in [1.29, 1.82) is 5.41 Å². The van der Waals surface area contributed by atoms with Gasteiger partial charge in [-0.15, -0.1) is 0 Å². The molecule has 0 radical (unpaired) electrons. The standard InChI is InChI=1S/C19H17BrFN5O2/c1-9-16(18(27)25-12-3-5-15(23)11(6-12)8-22)17(26-19(28)24-9)10-2-4-14(21)13(20)7-10/h2-8,17,22H,23H2,1H3,(H,25,27)(H2,24,26,28). The number of hydrogen-bond donors (Lipinski definition) is 5. The smallest absolute Gasteiger partial charge is 0.319 e. The molecule has 0 bridgehead atoms. The summed E-state index contributed by atoms with van der Waals surface area (Å²) in [6, 6.07) is 7.85. The van der Waals surface area contributed by atoms with Crippen molar-refractivity contribution >= 4 is 45.5 Å². The van der Waals surface area contributed by atoms with Gasteiger partial charge in [0.15, 0.2) is 0 Å². The minimum Gasteiger partial charge on any atom is -0.398 e. The molecule has 3 amide bonds. The first kappa shape index (κ1) is 19.6. The van der Waals surface area contributed by atoms with E-state index in [1.807, 2.05) is 0 Å². The predicted molar refractivity (Wildman–Crippen MR) is 109 cm³/mol. The third kappa shape index (κ3) is 3.89. The highest BCUT2D eigenvalue weighted by Gasteiger charge is 2.31. The molecule has 1 heterocycles. The van der Waals surface area contributed by atoms with Crippen LogP contribution in [0.25, 0.3) is 0 Å². The number of hydrogen-bond acceptors (Lipinski definition) is 4. The zero-order chi connectivity index (χ0) is 20.4. The van der Waals surface area contributed by atoms with Crippen LogP contribution in [0.1, 0.15) is 24.1 Å². The number of nitrogen functional groups attached to an aromatic ring is 1. The van der Waals surface area contributed by atoms with Crippen molar-refractivity contribution in [3.8, 4) is 0 Å². The Morgan fingerprint density at radius 3 is 2.75 bits per heavy atom. The van der Waals surface area contributed by atoms with Gasteiger partial charge in [-0.05, 0) is 58.7 Å². The minimum absolute atomic E-state index is 0.226. The van der Waals surface area contributed by atoms with Crippen molar-refractivity contribution in [2.75, 3.05) is 11.1 Å². The van der Waals surface area contributed by atoms with Crippen LogP contribution in [0.5, 0.6) is 0 Å². The maximum Gasteiger partial charge on any atom is 0.319 e. The molecular formula is C19H17BrFN5O2. The molecule has 28 heavy (non-hydrogen) atoms. The zero-order valence-electron chi connectivity index (χ0n) is 14.8. The minimum atomic E-state index is -0.762. The summed E-state index contributed by atoms with van der Waals surface area (Å²) in [5.74, 6) is -0.895. The molecule has 144 valence electrons. The van der Waals surface area contributed by atoms with Crippen LogP contribution in [0, 0.1) is 11.2 Å².